The van der Waals surface area contributed by atoms with Crippen LogP contribution in [0.15, 0.2) is 54.7 Å². The summed E-state index contributed by atoms with van der Waals surface area (Å²) in [7, 11) is 0. The van der Waals surface area contributed by atoms with E-state index in [1.165, 1.54) is 12.1 Å². The largest absolute Gasteiger partial charge is 0.381 e. The molecule has 2 nitrogen and oxygen atoms in total. The molecular weight excluding hydrogens is 241 g/mol. The Labute approximate surface area is 110 Å². The van der Waals surface area contributed by atoms with Crippen LogP contribution >= 0.6 is 0 Å². The molecule has 0 aliphatic heterocycles. The first-order valence-electron chi connectivity index (χ1n) is 6.13. The first kappa shape index (κ1) is 11.9. The van der Waals surface area contributed by atoms with E-state index in [9.17, 15) is 9.50 Å². The average molecular weight is 255 g/mol. The SMILES string of the molecule is CC(O)(c1cccc(F)c1)c1ccc2[nH]ccc2c1. The Balaban J connectivity index is 2.12. The Hall–Kier alpha value is -2.13. The summed E-state index contributed by atoms with van der Waals surface area (Å²) in [6, 6.07) is 13.7. The number of hydrogen-bond donors (Lipinski definition) is 2. The smallest absolute Gasteiger partial charge is 0.123 e. The van der Waals surface area contributed by atoms with Crippen LogP contribution in [-0.4, -0.2) is 10.1 Å². The number of aliphatic hydroxyl groups is 1. The van der Waals surface area contributed by atoms with Crippen molar-refractivity contribution in [3.8, 4) is 0 Å². The Bertz CT molecular complexity index is 730. The van der Waals surface area contributed by atoms with Crippen molar-refractivity contribution >= 4 is 10.9 Å². The van der Waals surface area contributed by atoms with Gasteiger partial charge in [0.15, 0.2) is 0 Å². The van der Waals surface area contributed by atoms with E-state index in [0.717, 1.165) is 16.5 Å². The molecule has 0 fully saturated rings. The zero-order valence-corrected chi connectivity index (χ0v) is 10.5. The molecule has 2 aromatic carbocycles. The fraction of sp³-hybridized carbons (Fsp3) is 0.125. The van der Waals surface area contributed by atoms with Gasteiger partial charge in [-0.05, 0) is 53.8 Å². The highest BCUT2D eigenvalue weighted by atomic mass is 19.1. The number of benzene rings is 2. The van der Waals surface area contributed by atoms with E-state index in [4.69, 9.17) is 0 Å². The van der Waals surface area contributed by atoms with E-state index < -0.39 is 5.60 Å². The molecule has 3 aromatic rings. The van der Waals surface area contributed by atoms with Gasteiger partial charge in [-0.3, -0.25) is 0 Å². The van der Waals surface area contributed by atoms with Gasteiger partial charge >= 0.3 is 0 Å². The van der Waals surface area contributed by atoms with Gasteiger partial charge in [-0.25, -0.2) is 4.39 Å². The van der Waals surface area contributed by atoms with Crippen molar-refractivity contribution in [3.05, 3.63) is 71.7 Å². The van der Waals surface area contributed by atoms with Gasteiger partial charge in [0, 0.05) is 11.7 Å². The van der Waals surface area contributed by atoms with Crippen LogP contribution in [0.1, 0.15) is 18.1 Å². The number of aromatic amines is 1. The van der Waals surface area contributed by atoms with Crippen LogP contribution < -0.4 is 0 Å². The average Bonchev–Trinajstić information content (AvgIpc) is 2.85. The summed E-state index contributed by atoms with van der Waals surface area (Å²) < 4.78 is 13.3. The van der Waals surface area contributed by atoms with Crippen LogP contribution in [0, 0.1) is 5.82 Å². The van der Waals surface area contributed by atoms with E-state index in [1.54, 1.807) is 19.1 Å². The van der Waals surface area contributed by atoms with Crippen molar-refractivity contribution in [3.63, 3.8) is 0 Å². The van der Waals surface area contributed by atoms with Gasteiger partial charge in [0.2, 0.25) is 0 Å². The second kappa shape index (κ2) is 4.21. The normalized spacial score (nSPS) is 14.5. The molecule has 1 aromatic heterocycles. The molecule has 0 saturated heterocycles. The maximum Gasteiger partial charge on any atom is 0.123 e. The van der Waals surface area contributed by atoms with Crippen molar-refractivity contribution in [2.75, 3.05) is 0 Å². The molecule has 0 saturated carbocycles. The Morgan fingerprint density at radius 3 is 2.63 bits per heavy atom. The molecule has 0 bridgehead atoms. The summed E-state index contributed by atoms with van der Waals surface area (Å²) in [5.41, 5.74) is 1.08. The lowest BCUT2D eigenvalue weighted by molar-refractivity contribution is 0.102. The molecule has 96 valence electrons. The van der Waals surface area contributed by atoms with Gasteiger partial charge in [-0.1, -0.05) is 18.2 Å². The summed E-state index contributed by atoms with van der Waals surface area (Å²) in [5.74, 6) is -0.347. The molecule has 3 heteroatoms. The minimum atomic E-state index is -1.21. The highest BCUT2D eigenvalue weighted by Crippen LogP contribution is 2.31. The van der Waals surface area contributed by atoms with Gasteiger partial charge < -0.3 is 10.1 Å². The Morgan fingerprint density at radius 1 is 1.05 bits per heavy atom. The molecule has 1 heterocycles. The van der Waals surface area contributed by atoms with Crippen LogP contribution in [0.2, 0.25) is 0 Å². The van der Waals surface area contributed by atoms with Gasteiger partial charge in [0.1, 0.15) is 11.4 Å². The molecule has 1 atom stereocenters. The molecule has 2 N–H and O–H groups in total. The number of H-pyrrole nitrogens is 1. The monoisotopic (exact) mass is 255 g/mol. The summed E-state index contributed by atoms with van der Waals surface area (Å²) in [5, 5.41) is 11.7. The number of fused-ring (bicyclic) bond motifs is 1. The zero-order valence-electron chi connectivity index (χ0n) is 10.5. The fourth-order valence-corrected chi connectivity index (χ4v) is 2.31. The number of nitrogens with one attached hydrogen (secondary N) is 1. The molecule has 19 heavy (non-hydrogen) atoms. The molecule has 0 aliphatic carbocycles. The lowest BCUT2D eigenvalue weighted by atomic mass is 9.87. The van der Waals surface area contributed by atoms with Gasteiger partial charge in [0.05, 0.1) is 0 Å². The summed E-state index contributed by atoms with van der Waals surface area (Å²) in [6.45, 7) is 1.68. The lowest BCUT2D eigenvalue weighted by Crippen LogP contribution is -2.22. The molecular formula is C16H14FNO. The second-order valence-electron chi connectivity index (χ2n) is 4.86. The summed E-state index contributed by atoms with van der Waals surface area (Å²) in [6.07, 6.45) is 1.85. The molecule has 0 aliphatic rings. The maximum absolute atomic E-state index is 13.3. The predicted octanol–water partition coefficient (Wildman–Crippen LogP) is 3.56. The Kier molecular flexibility index (Phi) is 2.64. The summed E-state index contributed by atoms with van der Waals surface area (Å²) in [4.78, 5) is 3.11. The first-order valence-corrected chi connectivity index (χ1v) is 6.13. The lowest BCUT2D eigenvalue weighted by Gasteiger charge is -2.24. The summed E-state index contributed by atoms with van der Waals surface area (Å²) >= 11 is 0. The predicted molar refractivity (Wildman–Crippen MR) is 73.4 cm³/mol. The maximum atomic E-state index is 13.3. The molecule has 0 amide bonds. The van der Waals surface area contributed by atoms with Crippen molar-refractivity contribution in [1.29, 1.82) is 0 Å². The van der Waals surface area contributed by atoms with Crippen LogP contribution in [0.25, 0.3) is 10.9 Å². The number of halogens is 1. The third-order valence-corrected chi connectivity index (χ3v) is 3.50. The first-order chi connectivity index (χ1) is 9.07. The van der Waals surface area contributed by atoms with Gasteiger partial charge in [-0.2, -0.15) is 0 Å². The highest BCUT2D eigenvalue weighted by molar-refractivity contribution is 5.80. The number of aromatic nitrogens is 1. The van der Waals surface area contributed by atoms with E-state index in [1.807, 2.05) is 30.5 Å². The van der Waals surface area contributed by atoms with Gasteiger partial charge in [-0.15, -0.1) is 0 Å². The number of rotatable bonds is 2. The fourth-order valence-electron chi connectivity index (χ4n) is 2.31. The van der Waals surface area contributed by atoms with E-state index in [-0.39, 0.29) is 5.82 Å². The van der Waals surface area contributed by atoms with Crippen LogP contribution in [0.4, 0.5) is 4.39 Å². The molecule has 0 radical (unpaired) electrons. The number of hydrogen-bond acceptors (Lipinski definition) is 1. The topological polar surface area (TPSA) is 36.0 Å². The zero-order chi connectivity index (χ0) is 13.5. The van der Waals surface area contributed by atoms with Crippen molar-refractivity contribution < 1.29 is 9.50 Å². The molecule has 3 rings (SSSR count). The van der Waals surface area contributed by atoms with Gasteiger partial charge in [0.25, 0.3) is 0 Å². The van der Waals surface area contributed by atoms with E-state index in [0.29, 0.717) is 5.56 Å². The van der Waals surface area contributed by atoms with Crippen molar-refractivity contribution in [1.82, 2.24) is 4.98 Å². The quantitative estimate of drug-likeness (QED) is 0.721. The highest BCUT2D eigenvalue weighted by Gasteiger charge is 2.26. The van der Waals surface area contributed by atoms with E-state index >= 15 is 0 Å². The Morgan fingerprint density at radius 2 is 1.84 bits per heavy atom. The molecule has 1 unspecified atom stereocenters. The minimum absolute atomic E-state index is 0.347. The van der Waals surface area contributed by atoms with Crippen LogP contribution in [-0.2, 0) is 5.60 Å². The standard InChI is InChI=1S/C16H14FNO/c1-16(19,12-3-2-4-14(17)10-12)13-5-6-15-11(9-13)7-8-18-15/h2-10,18-19H,1H3. The van der Waals surface area contributed by atoms with Crippen LogP contribution in [0.3, 0.4) is 0 Å². The second-order valence-corrected chi connectivity index (χ2v) is 4.86. The molecule has 0 spiro atoms. The van der Waals surface area contributed by atoms with Crippen molar-refractivity contribution in [2.24, 2.45) is 0 Å². The van der Waals surface area contributed by atoms with E-state index in [2.05, 4.69) is 4.98 Å². The van der Waals surface area contributed by atoms with Crippen LogP contribution in [0.5, 0.6) is 0 Å². The minimum Gasteiger partial charge on any atom is -0.381 e. The third kappa shape index (κ3) is 2.02. The van der Waals surface area contributed by atoms with Crippen molar-refractivity contribution in [2.45, 2.75) is 12.5 Å². The third-order valence-electron chi connectivity index (χ3n) is 3.50.